The van der Waals surface area contributed by atoms with Gasteiger partial charge in [-0.2, -0.15) is 0 Å². The lowest BCUT2D eigenvalue weighted by Gasteiger charge is -2.48. The van der Waals surface area contributed by atoms with Gasteiger partial charge >= 0.3 is 0 Å². The third-order valence-electron chi connectivity index (χ3n) is 11.2. The molecule has 1 saturated carbocycles. The lowest BCUT2D eigenvalue weighted by atomic mass is 9.65. The Morgan fingerprint density at radius 3 is 2.52 bits per heavy atom. The van der Waals surface area contributed by atoms with E-state index in [1.54, 1.807) is 25.1 Å². The van der Waals surface area contributed by atoms with Crippen molar-refractivity contribution in [3.63, 3.8) is 0 Å². The Balaban J connectivity index is 1.35. The topological polar surface area (TPSA) is 140 Å². The number of hydrogen-bond acceptors (Lipinski definition) is 9. The number of carbonyl (C=O) groups excluding carboxylic acids is 1. The maximum Gasteiger partial charge on any atom is 0.264 e. The Bertz CT molecular complexity index is 1560. The van der Waals surface area contributed by atoms with Crippen molar-refractivity contribution >= 4 is 33.2 Å². The summed E-state index contributed by atoms with van der Waals surface area (Å²) < 4.78 is 48.1. The molecule has 6 rings (SSSR count). The Kier molecular flexibility index (Phi) is 10.9. The van der Waals surface area contributed by atoms with Crippen LogP contribution in [0.3, 0.4) is 0 Å². The fraction of sp³-hybridized carbons (Fsp3) is 0.639. The van der Waals surface area contributed by atoms with Crippen molar-refractivity contribution in [2.24, 2.45) is 29.4 Å². The van der Waals surface area contributed by atoms with E-state index in [4.69, 9.17) is 31.5 Å². The fourth-order valence-corrected chi connectivity index (χ4v) is 9.23. The maximum absolute atomic E-state index is 13.5. The fourth-order valence-electron chi connectivity index (χ4n) is 7.72. The van der Waals surface area contributed by atoms with E-state index in [2.05, 4.69) is 9.62 Å². The number of rotatable bonds is 2. The molecule has 1 amide bonds. The number of sulfonamides is 1. The zero-order valence-electron chi connectivity index (χ0n) is 28.0. The van der Waals surface area contributed by atoms with Crippen molar-refractivity contribution in [1.82, 2.24) is 4.72 Å². The molecule has 1 aliphatic carbocycles. The predicted octanol–water partition coefficient (Wildman–Crippen LogP) is 5.03. The van der Waals surface area contributed by atoms with Gasteiger partial charge in [0.15, 0.2) is 6.29 Å². The summed E-state index contributed by atoms with van der Waals surface area (Å²) in [4.78, 5) is 15.8. The van der Waals surface area contributed by atoms with Crippen molar-refractivity contribution in [3.05, 3.63) is 58.1 Å². The minimum absolute atomic E-state index is 0.101. The summed E-state index contributed by atoms with van der Waals surface area (Å²) in [5.41, 5.74) is 8.66. The average molecular weight is 704 g/mol. The largest absolute Gasteiger partial charge is 0.487 e. The minimum Gasteiger partial charge on any atom is -0.487 e. The van der Waals surface area contributed by atoms with Gasteiger partial charge in [-0.3, -0.25) is 4.79 Å². The summed E-state index contributed by atoms with van der Waals surface area (Å²) in [6, 6.07) is 11.1. The van der Waals surface area contributed by atoms with Crippen LogP contribution in [0.5, 0.6) is 5.75 Å². The Labute approximate surface area is 289 Å². The summed E-state index contributed by atoms with van der Waals surface area (Å²) in [5, 5.41) is 9.73. The summed E-state index contributed by atoms with van der Waals surface area (Å²) >= 11 is 6.36. The van der Waals surface area contributed by atoms with Gasteiger partial charge in [0.05, 0.1) is 36.3 Å². The van der Waals surface area contributed by atoms with Crippen molar-refractivity contribution in [2.45, 2.75) is 88.9 Å². The molecule has 0 aromatic heterocycles. The molecule has 4 aliphatic rings. The molecule has 3 heterocycles. The van der Waals surface area contributed by atoms with Gasteiger partial charge < -0.3 is 30.0 Å². The zero-order chi connectivity index (χ0) is 34.1. The van der Waals surface area contributed by atoms with Crippen LogP contribution in [0.4, 0.5) is 5.69 Å². The van der Waals surface area contributed by atoms with E-state index in [1.807, 2.05) is 25.1 Å². The summed E-state index contributed by atoms with van der Waals surface area (Å²) in [5.74, 6) is 0.637. The molecule has 1 saturated heterocycles. The zero-order valence-corrected chi connectivity index (χ0v) is 29.6. The number of hydrogen-bond donors (Lipinski definition) is 3. The Morgan fingerprint density at radius 2 is 1.79 bits per heavy atom. The SMILES string of the molecule is C[C@@H]1[C@@H](C)CCC[C@H]([C@H]2OC[C@@](N)(CO)CO2)[C@@H]2CC[C@H]2CN2CCCCc3cc(Cl)ccc3COc3ccc(cc32)C(=O)NS1(=O)=O. The smallest absolute Gasteiger partial charge is 0.264 e. The number of ether oxygens (including phenoxy) is 3. The first-order chi connectivity index (χ1) is 23.0. The van der Waals surface area contributed by atoms with Crippen molar-refractivity contribution < 1.29 is 32.5 Å². The number of aliphatic hydroxyl groups excluding tert-OH is 1. The molecule has 2 bridgehead atoms. The Morgan fingerprint density at radius 1 is 1.00 bits per heavy atom. The van der Waals surface area contributed by atoms with E-state index >= 15 is 0 Å². The van der Waals surface area contributed by atoms with E-state index < -0.39 is 33.0 Å². The first-order valence-corrected chi connectivity index (χ1v) is 19.4. The lowest BCUT2D eigenvalue weighted by molar-refractivity contribution is -0.249. The molecule has 0 radical (unpaired) electrons. The second-order valence-corrected chi connectivity index (χ2v) is 17.0. The van der Waals surface area contributed by atoms with Gasteiger partial charge in [-0.1, -0.05) is 31.0 Å². The predicted molar refractivity (Wildman–Crippen MR) is 186 cm³/mol. The van der Waals surface area contributed by atoms with Crippen LogP contribution in [0.15, 0.2) is 36.4 Å². The van der Waals surface area contributed by atoms with E-state index in [-0.39, 0.29) is 37.2 Å². The molecule has 0 spiro atoms. The normalized spacial score (nSPS) is 33.1. The van der Waals surface area contributed by atoms with Crippen molar-refractivity contribution in [2.75, 3.05) is 37.8 Å². The summed E-state index contributed by atoms with van der Waals surface area (Å²) in [6.45, 7) is 5.69. The molecule has 3 aliphatic heterocycles. The van der Waals surface area contributed by atoms with Gasteiger partial charge in [0.1, 0.15) is 12.4 Å². The van der Waals surface area contributed by atoms with Crippen LogP contribution in [0.2, 0.25) is 5.02 Å². The highest BCUT2D eigenvalue weighted by Crippen LogP contribution is 2.46. The number of fused-ring (bicyclic) bond motifs is 3. The van der Waals surface area contributed by atoms with Crippen molar-refractivity contribution in [3.8, 4) is 5.75 Å². The van der Waals surface area contributed by atoms with Gasteiger partial charge in [-0.15, -0.1) is 0 Å². The highest BCUT2D eigenvalue weighted by molar-refractivity contribution is 7.90. The molecule has 12 heteroatoms. The first-order valence-electron chi connectivity index (χ1n) is 17.4. The molecule has 2 aromatic carbocycles. The van der Waals surface area contributed by atoms with Crippen molar-refractivity contribution in [1.29, 1.82) is 0 Å². The molecule has 4 N–H and O–H groups in total. The molecule has 0 unspecified atom stereocenters. The molecule has 5 atom stereocenters. The van der Waals surface area contributed by atoms with E-state index in [0.29, 0.717) is 35.6 Å². The number of nitrogens with one attached hydrogen (secondary N) is 1. The van der Waals surface area contributed by atoms with Gasteiger partial charge in [0.2, 0.25) is 10.0 Å². The second kappa shape index (κ2) is 14.8. The molecular formula is C36H50ClN3O7S. The van der Waals surface area contributed by atoms with Gasteiger partial charge in [0.25, 0.3) is 5.91 Å². The summed E-state index contributed by atoms with van der Waals surface area (Å²) in [6.07, 6.45) is 6.72. The molecule has 2 aromatic rings. The number of amides is 1. The molecule has 10 nitrogen and oxygen atoms in total. The number of halogens is 1. The number of nitrogens with zero attached hydrogens (tertiary/aromatic N) is 1. The quantitative estimate of drug-likeness (QED) is 0.393. The van der Waals surface area contributed by atoms with Crippen LogP contribution in [0.1, 0.15) is 80.3 Å². The lowest BCUT2D eigenvalue weighted by Crippen LogP contribution is -2.59. The molecule has 2 fully saturated rings. The number of anilines is 1. The maximum atomic E-state index is 13.5. The minimum atomic E-state index is -3.94. The summed E-state index contributed by atoms with van der Waals surface area (Å²) in [7, 11) is -3.94. The highest BCUT2D eigenvalue weighted by Gasteiger charge is 2.45. The number of aliphatic hydroxyl groups is 1. The third kappa shape index (κ3) is 7.81. The Hall–Kier alpha value is -2.41. The second-order valence-electron chi connectivity index (χ2n) is 14.6. The van der Waals surface area contributed by atoms with Crippen LogP contribution in [-0.2, 0) is 32.5 Å². The van der Waals surface area contributed by atoms with Crippen LogP contribution in [0, 0.1) is 23.7 Å². The van der Waals surface area contributed by atoms with Crippen LogP contribution < -0.4 is 20.1 Å². The third-order valence-corrected chi connectivity index (χ3v) is 13.3. The number of aryl methyl sites for hydroxylation is 1. The number of nitrogens with two attached hydrogens (primary N) is 1. The van der Waals surface area contributed by atoms with Gasteiger partial charge in [0, 0.05) is 29.6 Å². The van der Waals surface area contributed by atoms with Crippen LogP contribution in [-0.4, -0.2) is 69.4 Å². The van der Waals surface area contributed by atoms with Gasteiger partial charge in [-0.05, 0) is 111 Å². The molecular weight excluding hydrogens is 654 g/mol. The average Bonchev–Trinajstić information content (AvgIpc) is 3.08. The highest BCUT2D eigenvalue weighted by atomic mass is 35.5. The van der Waals surface area contributed by atoms with E-state index in [1.165, 1.54) is 5.56 Å². The standard InChI is InChI=1S/C36H50ClN3O7S/c1-23-6-5-8-31(35-46-21-36(38,20-41)22-47-35)30-13-10-27(30)18-40-15-4-3-7-25-16-29(37)12-9-28(25)19-45-33-14-11-26(17-32(33)40)34(42)39-48(43,44)24(23)2/h9,11-12,14,16-17,23-24,27,30-31,35,41H,3-8,10,13,15,18-22,38H2,1-2H3,(H,39,42)/t23-,24+,27-,30+,31-,35-,36-/m0/s1. The van der Waals surface area contributed by atoms with Gasteiger partial charge in [-0.25, -0.2) is 13.1 Å². The number of benzene rings is 2. The molecule has 48 heavy (non-hydrogen) atoms. The first kappa shape index (κ1) is 35.4. The molecule has 264 valence electrons. The van der Waals surface area contributed by atoms with E-state index in [0.717, 1.165) is 69.3 Å². The number of carbonyl (C=O) groups is 1. The monoisotopic (exact) mass is 703 g/mol. The van der Waals surface area contributed by atoms with Crippen LogP contribution >= 0.6 is 11.6 Å². The van der Waals surface area contributed by atoms with Crippen LogP contribution in [0.25, 0.3) is 0 Å². The van der Waals surface area contributed by atoms with E-state index in [9.17, 15) is 18.3 Å².